The van der Waals surface area contributed by atoms with Crippen molar-refractivity contribution in [3.05, 3.63) is 60.5 Å². The van der Waals surface area contributed by atoms with Crippen molar-refractivity contribution < 1.29 is 0 Å². The summed E-state index contributed by atoms with van der Waals surface area (Å²) in [7, 11) is 0. The molecule has 2 aromatic rings. The molecule has 3 rings (SSSR count). The van der Waals surface area contributed by atoms with Gasteiger partial charge in [-0.2, -0.15) is 0 Å². The van der Waals surface area contributed by atoms with E-state index >= 15 is 0 Å². The standard InChI is InChI=1S/C13H10N2/c1-2-6-10(5-1)13-9-14-11-7-3-4-8-12(11)15-13/h1-10H. The Hall–Kier alpha value is -1.96. The minimum absolute atomic E-state index is 0.294. The second kappa shape index (κ2) is 3.31. The van der Waals surface area contributed by atoms with Crippen LogP contribution >= 0.6 is 0 Å². The molecule has 0 radical (unpaired) electrons. The topological polar surface area (TPSA) is 25.8 Å². The number of hydrogen-bond donors (Lipinski definition) is 0. The van der Waals surface area contributed by atoms with Crippen LogP contribution in [0.5, 0.6) is 0 Å². The van der Waals surface area contributed by atoms with Crippen LogP contribution < -0.4 is 0 Å². The second-order valence-electron chi connectivity index (χ2n) is 3.58. The first-order valence-corrected chi connectivity index (χ1v) is 5.00. The molecule has 0 atom stereocenters. The first kappa shape index (κ1) is 8.36. The van der Waals surface area contributed by atoms with Gasteiger partial charge >= 0.3 is 0 Å². The van der Waals surface area contributed by atoms with Crippen LogP contribution in [0.15, 0.2) is 54.8 Å². The van der Waals surface area contributed by atoms with Gasteiger partial charge in [0, 0.05) is 5.92 Å². The number of nitrogens with zero attached hydrogens (tertiary/aromatic N) is 2. The molecule has 0 amide bonds. The zero-order chi connectivity index (χ0) is 10.1. The molecule has 15 heavy (non-hydrogen) atoms. The van der Waals surface area contributed by atoms with E-state index in [2.05, 4.69) is 22.1 Å². The molecule has 0 saturated heterocycles. The molecule has 0 aliphatic heterocycles. The van der Waals surface area contributed by atoms with Crippen LogP contribution in [-0.2, 0) is 0 Å². The van der Waals surface area contributed by atoms with Crippen LogP contribution in [-0.4, -0.2) is 9.97 Å². The monoisotopic (exact) mass is 194 g/mol. The Bertz CT molecular complexity index is 543. The van der Waals surface area contributed by atoms with E-state index in [0.717, 1.165) is 16.7 Å². The summed E-state index contributed by atoms with van der Waals surface area (Å²) in [6.45, 7) is 0. The molecule has 72 valence electrons. The van der Waals surface area contributed by atoms with E-state index < -0.39 is 0 Å². The maximum atomic E-state index is 4.59. The summed E-state index contributed by atoms with van der Waals surface area (Å²) < 4.78 is 0. The van der Waals surface area contributed by atoms with Crippen LogP contribution in [0.2, 0.25) is 0 Å². The van der Waals surface area contributed by atoms with E-state index in [0.29, 0.717) is 5.92 Å². The Morgan fingerprint density at radius 1 is 0.933 bits per heavy atom. The van der Waals surface area contributed by atoms with E-state index in [1.165, 1.54) is 0 Å². The number of hydrogen-bond acceptors (Lipinski definition) is 2. The second-order valence-corrected chi connectivity index (χ2v) is 3.58. The van der Waals surface area contributed by atoms with Crippen molar-refractivity contribution >= 4 is 11.0 Å². The molecule has 0 bridgehead atoms. The highest BCUT2D eigenvalue weighted by Gasteiger charge is 2.09. The number of rotatable bonds is 1. The first-order valence-electron chi connectivity index (χ1n) is 5.00. The minimum Gasteiger partial charge on any atom is -0.253 e. The molecule has 2 nitrogen and oxygen atoms in total. The van der Waals surface area contributed by atoms with Crippen LogP contribution in [0.4, 0.5) is 0 Å². The van der Waals surface area contributed by atoms with Gasteiger partial charge in [-0.1, -0.05) is 36.4 Å². The van der Waals surface area contributed by atoms with Gasteiger partial charge in [-0.15, -0.1) is 0 Å². The van der Waals surface area contributed by atoms with Gasteiger partial charge in [0.25, 0.3) is 0 Å². The highest BCUT2D eigenvalue weighted by Crippen LogP contribution is 2.21. The van der Waals surface area contributed by atoms with Crippen molar-refractivity contribution in [2.24, 2.45) is 0 Å². The smallest absolute Gasteiger partial charge is 0.0890 e. The van der Waals surface area contributed by atoms with Crippen molar-refractivity contribution in [3.8, 4) is 0 Å². The van der Waals surface area contributed by atoms with E-state index in [1.54, 1.807) is 0 Å². The minimum atomic E-state index is 0.294. The highest BCUT2D eigenvalue weighted by molar-refractivity contribution is 5.73. The summed E-state index contributed by atoms with van der Waals surface area (Å²) in [5, 5.41) is 0. The molecular weight excluding hydrogens is 184 g/mol. The van der Waals surface area contributed by atoms with Crippen LogP contribution in [0.25, 0.3) is 11.0 Å². The van der Waals surface area contributed by atoms with Crippen LogP contribution in [0.1, 0.15) is 11.6 Å². The summed E-state index contributed by atoms with van der Waals surface area (Å²) in [6.07, 6.45) is 10.2. The first-order chi connectivity index (χ1) is 7.43. The fraction of sp³-hybridized carbons (Fsp3) is 0.0769. The highest BCUT2D eigenvalue weighted by atomic mass is 14.8. The van der Waals surface area contributed by atoms with Gasteiger partial charge in [0.15, 0.2) is 0 Å². The van der Waals surface area contributed by atoms with Crippen LogP contribution in [0, 0.1) is 0 Å². The molecule has 0 fully saturated rings. The predicted molar refractivity (Wildman–Crippen MR) is 60.6 cm³/mol. The van der Waals surface area contributed by atoms with E-state index in [-0.39, 0.29) is 0 Å². The summed E-state index contributed by atoms with van der Waals surface area (Å²) in [4.78, 5) is 8.99. The molecule has 1 aliphatic carbocycles. The fourth-order valence-electron chi connectivity index (χ4n) is 1.76. The summed E-state index contributed by atoms with van der Waals surface area (Å²) >= 11 is 0. The van der Waals surface area contributed by atoms with Gasteiger partial charge in [-0.3, -0.25) is 4.98 Å². The lowest BCUT2D eigenvalue weighted by atomic mass is 10.1. The van der Waals surface area contributed by atoms with Crippen LogP contribution in [0.3, 0.4) is 0 Å². The third-order valence-electron chi connectivity index (χ3n) is 2.56. The number of aromatic nitrogens is 2. The zero-order valence-electron chi connectivity index (χ0n) is 8.17. The molecular formula is C13H10N2. The predicted octanol–water partition coefficient (Wildman–Crippen LogP) is 2.84. The third-order valence-corrected chi connectivity index (χ3v) is 2.56. The molecule has 1 aromatic heterocycles. The van der Waals surface area contributed by atoms with Gasteiger partial charge in [-0.05, 0) is 12.1 Å². The lowest BCUT2D eigenvalue weighted by Crippen LogP contribution is -1.95. The number of fused-ring (bicyclic) bond motifs is 1. The van der Waals surface area contributed by atoms with E-state index in [9.17, 15) is 0 Å². The molecule has 0 unspecified atom stereocenters. The Labute approximate surface area is 88.0 Å². The number of allylic oxidation sites excluding steroid dienone is 4. The van der Waals surface area contributed by atoms with Gasteiger partial charge in [0.05, 0.1) is 22.9 Å². The van der Waals surface area contributed by atoms with Crippen molar-refractivity contribution in [1.29, 1.82) is 0 Å². The maximum absolute atomic E-state index is 4.59. The zero-order valence-corrected chi connectivity index (χ0v) is 8.17. The van der Waals surface area contributed by atoms with E-state index in [1.807, 2.05) is 42.6 Å². The SMILES string of the molecule is C1=CC(c2cnc3ccccc3n2)C=C1. The Morgan fingerprint density at radius 3 is 2.47 bits per heavy atom. The lowest BCUT2D eigenvalue weighted by Gasteiger charge is -2.05. The Morgan fingerprint density at radius 2 is 1.67 bits per heavy atom. The average molecular weight is 194 g/mol. The molecule has 0 N–H and O–H groups in total. The molecule has 0 saturated carbocycles. The van der Waals surface area contributed by atoms with Gasteiger partial charge < -0.3 is 0 Å². The van der Waals surface area contributed by atoms with E-state index in [4.69, 9.17) is 0 Å². The Balaban J connectivity index is 2.13. The van der Waals surface area contributed by atoms with Crippen molar-refractivity contribution in [1.82, 2.24) is 9.97 Å². The van der Waals surface area contributed by atoms with Crippen molar-refractivity contribution in [2.45, 2.75) is 5.92 Å². The largest absolute Gasteiger partial charge is 0.253 e. The average Bonchev–Trinajstić information content (AvgIpc) is 2.82. The number of benzene rings is 1. The van der Waals surface area contributed by atoms with Crippen molar-refractivity contribution in [3.63, 3.8) is 0 Å². The molecule has 1 heterocycles. The molecule has 2 heteroatoms. The number of para-hydroxylation sites is 2. The Kier molecular flexibility index (Phi) is 1.85. The molecule has 1 aliphatic rings. The molecule has 0 spiro atoms. The summed E-state index contributed by atoms with van der Waals surface area (Å²) in [6, 6.07) is 7.94. The summed E-state index contributed by atoms with van der Waals surface area (Å²) in [5.41, 5.74) is 2.93. The quantitative estimate of drug-likeness (QED) is 0.697. The van der Waals surface area contributed by atoms with Gasteiger partial charge in [-0.25, -0.2) is 4.98 Å². The van der Waals surface area contributed by atoms with Crippen molar-refractivity contribution in [2.75, 3.05) is 0 Å². The fourth-order valence-corrected chi connectivity index (χ4v) is 1.76. The summed E-state index contributed by atoms with van der Waals surface area (Å²) in [5.74, 6) is 0.294. The normalized spacial score (nSPS) is 15.2. The van der Waals surface area contributed by atoms with Gasteiger partial charge in [0.1, 0.15) is 0 Å². The molecule has 1 aromatic carbocycles. The maximum Gasteiger partial charge on any atom is 0.0890 e. The van der Waals surface area contributed by atoms with Gasteiger partial charge in [0.2, 0.25) is 0 Å². The lowest BCUT2D eigenvalue weighted by molar-refractivity contribution is 1.00. The third kappa shape index (κ3) is 1.44.